The number of fused-ring (bicyclic) bond motifs is 1. The van der Waals surface area contributed by atoms with Gasteiger partial charge in [-0.2, -0.15) is 4.99 Å². The predicted molar refractivity (Wildman–Crippen MR) is 81.0 cm³/mol. The second kappa shape index (κ2) is 7.03. The molecule has 0 unspecified atom stereocenters. The molecule has 0 bridgehead atoms. The lowest BCUT2D eigenvalue weighted by Gasteiger charge is -2.02. The third-order valence-electron chi connectivity index (χ3n) is 2.82. The third-order valence-corrected chi connectivity index (χ3v) is 3.93. The highest BCUT2D eigenvalue weighted by Gasteiger charge is 2.05. The summed E-state index contributed by atoms with van der Waals surface area (Å²) in [6.07, 6.45) is -0.370. The number of aryl methyl sites for hydroxylation is 1. The molecule has 0 saturated heterocycles. The summed E-state index contributed by atoms with van der Waals surface area (Å²) in [7, 11) is 1.88. The van der Waals surface area contributed by atoms with Crippen LogP contribution in [0.1, 0.15) is 13.3 Å². The van der Waals surface area contributed by atoms with Gasteiger partial charge in [-0.15, -0.1) is 0 Å². The first-order valence-corrected chi connectivity index (χ1v) is 7.46. The normalized spacial score (nSPS) is 11.6. The number of carbonyl (C=O) groups excluding carboxylic acids is 2. The molecular formula is C14H17N3O3S. The van der Waals surface area contributed by atoms with Crippen LogP contribution in [0.3, 0.4) is 0 Å². The highest BCUT2D eigenvalue weighted by atomic mass is 32.1. The first kappa shape index (κ1) is 15.2. The van der Waals surface area contributed by atoms with Crippen LogP contribution in [0.4, 0.5) is 4.79 Å². The van der Waals surface area contributed by atoms with Crippen LogP contribution >= 0.6 is 11.3 Å². The summed E-state index contributed by atoms with van der Waals surface area (Å²) in [5.41, 5.74) is 1.04. The largest absolute Gasteiger partial charge is 0.450 e. The molecule has 0 atom stereocenters. The first-order valence-electron chi connectivity index (χ1n) is 6.64. The van der Waals surface area contributed by atoms with Crippen LogP contribution in [0.5, 0.6) is 0 Å². The number of amides is 2. The van der Waals surface area contributed by atoms with Crippen molar-refractivity contribution in [2.45, 2.75) is 13.3 Å². The Labute approximate surface area is 126 Å². The Morgan fingerprint density at radius 1 is 1.38 bits per heavy atom. The second-order valence-corrected chi connectivity index (χ2v) is 5.32. The van der Waals surface area contributed by atoms with E-state index in [1.807, 2.05) is 35.9 Å². The molecule has 0 radical (unpaired) electrons. The van der Waals surface area contributed by atoms with Gasteiger partial charge in [-0.25, -0.2) is 4.79 Å². The molecule has 7 heteroatoms. The Kier molecular flexibility index (Phi) is 5.10. The van der Waals surface area contributed by atoms with Crippen LogP contribution in [-0.4, -0.2) is 29.7 Å². The van der Waals surface area contributed by atoms with Crippen molar-refractivity contribution in [1.82, 2.24) is 9.88 Å². The molecule has 112 valence electrons. The molecule has 2 aromatic rings. The van der Waals surface area contributed by atoms with E-state index < -0.39 is 6.09 Å². The number of rotatable bonds is 4. The highest BCUT2D eigenvalue weighted by molar-refractivity contribution is 7.16. The first-order chi connectivity index (χ1) is 10.1. The Morgan fingerprint density at radius 2 is 2.14 bits per heavy atom. The number of carbonyl (C=O) groups is 2. The molecule has 6 nitrogen and oxygen atoms in total. The van der Waals surface area contributed by atoms with Crippen molar-refractivity contribution in [2.24, 2.45) is 12.0 Å². The van der Waals surface area contributed by atoms with Gasteiger partial charge in [-0.3, -0.25) is 4.79 Å². The zero-order valence-electron chi connectivity index (χ0n) is 12.0. The fraction of sp³-hybridized carbons (Fsp3) is 0.357. The van der Waals surface area contributed by atoms with Gasteiger partial charge in [0.2, 0.25) is 5.91 Å². The molecule has 1 N–H and O–H groups in total. The van der Waals surface area contributed by atoms with Crippen LogP contribution in [0.15, 0.2) is 29.3 Å². The number of nitrogens with zero attached hydrogens (tertiary/aromatic N) is 2. The minimum absolute atomic E-state index is 0.146. The third kappa shape index (κ3) is 3.91. The quantitative estimate of drug-likeness (QED) is 0.936. The molecule has 0 spiro atoms. The number of thiazole rings is 1. The highest BCUT2D eigenvalue weighted by Crippen LogP contribution is 2.15. The van der Waals surface area contributed by atoms with Crippen LogP contribution in [0.25, 0.3) is 10.2 Å². The number of hydrogen-bond donors (Lipinski definition) is 1. The topological polar surface area (TPSA) is 72.7 Å². The summed E-state index contributed by atoms with van der Waals surface area (Å²) < 4.78 is 7.67. The Morgan fingerprint density at radius 3 is 2.86 bits per heavy atom. The minimum atomic E-state index is -0.516. The van der Waals surface area contributed by atoms with E-state index in [-0.39, 0.29) is 18.9 Å². The van der Waals surface area contributed by atoms with Crippen molar-refractivity contribution >= 4 is 33.6 Å². The van der Waals surface area contributed by atoms with E-state index in [2.05, 4.69) is 10.3 Å². The fourth-order valence-electron chi connectivity index (χ4n) is 1.80. The molecule has 0 aliphatic heterocycles. The SMILES string of the molecule is CCOC(=O)NCCC(=O)N=c1sc2ccccc2n1C. The molecule has 0 fully saturated rings. The van der Waals surface area contributed by atoms with Gasteiger partial charge in [-0.05, 0) is 19.1 Å². The van der Waals surface area contributed by atoms with E-state index in [1.165, 1.54) is 11.3 Å². The van der Waals surface area contributed by atoms with E-state index in [0.29, 0.717) is 11.4 Å². The lowest BCUT2D eigenvalue weighted by atomic mass is 10.3. The van der Waals surface area contributed by atoms with Gasteiger partial charge < -0.3 is 14.6 Å². The number of alkyl carbamates (subject to hydrolysis) is 1. The van der Waals surface area contributed by atoms with E-state index in [0.717, 1.165) is 10.2 Å². The number of ether oxygens (including phenoxy) is 1. The lowest BCUT2D eigenvalue weighted by molar-refractivity contribution is -0.117. The molecule has 2 rings (SSSR count). The number of benzene rings is 1. The molecule has 1 heterocycles. The van der Waals surface area contributed by atoms with E-state index in [1.54, 1.807) is 6.92 Å². The summed E-state index contributed by atoms with van der Waals surface area (Å²) >= 11 is 1.46. The van der Waals surface area contributed by atoms with E-state index in [4.69, 9.17) is 4.74 Å². The molecule has 1 aromatic heterocycles. The summed E-state index contributed by atoms with van der Waals surface area (Å²) in [6, 6.07) is 7.88. The average Bonchev–Trinajstić information content (AvgIpc) is 2.76. The summed E-state index contributed by atoms with van der Waals surface area (Å²) in [4.78, 5) is 27.6. The van der Waals surface area contributed by atoms with Gasteiger partial charge in [0.15, 0.2) is 4.80 Å². The van der Waals surface area contributed by atoms with Crippen LogP contribution in [-0.2, 0) is 16.6 Å². The monoisotopic (exact) mass is 307 g/mol. The van der Waals surface area contributed by atoms with Crippen molar-refractivity contribution in [3.05, 3.63) is 29.1 Å². The summed E-state index contributed by atoms with van der Waals surface area (Å²) in [5.74, 6) is -0.269. The van der Waals surface area contributed by atoms with Gasteiger partial charge >= 0.3 is 6.09 Å². The Hall–Kier alpha value is -2.15. The number of para-hydroxylation sites is 1. The average molecular weight is 307 g/mol. The Balaban J connectivity index is 2.03. The van der Waals surface area contributed by atoms with E-state index >= 15 is 0 Å². The van der Waals surface area contributed by atoms with Gasteiger partial charge in [-0.1, -0.05) is 23.5 Å². The van der Waals surface area contributed by atoms with Gasteiger partial charge in [0.1, 0.15) is 0 Å². The number of nitrogens with one attached hydrogen (secondary N) is 1. The summed E-state index contributed by atoms with van der Waals surface area (Å²) in [6.45, 7) is 2.25. The van der Waals surface area contributed by atoms with Crippen molar-refractivity contribution in [3.63, 3.8) is 0 Å². The van der Waals surface area contributed by atoms with Gasteiger partial charge in [0, 0.05) is 20.0 Å². The van der Waals surface area contributed by atoms with E-state index in [9.17, 15) is 9.59 Å². The maximum absolute atomic E-state index is 11.8. The fourth-order valence-corrected chi connectivity index (χ4v) is 2.84. The number of aromatic nitrogens is 1. The second-order valence-electron chi connectivity index (χ2n) is 4.31. The van der Waals surface area contributed by atoms with Crippen molar-refractivity contribution in [1.29, 1.82) is 0 Å². The van der Waals surface area contributed by atoms with Gasteiger partial charge in [0.25, 0.3) is 0 Å². The number of hydrogen-bond acceptors (Lipinski definition) is 4. The lowest BCUT2D eigenvalue weighted by Crippen LogP contribution is -2.26. The van der Waals surface area contributed by atoms with Crippen LogP contribution < -0.4 is 10.1 Å². The molecule has 1 aromatic carbocycles. The molecule has 2 amide bonds. The molecule has 0 saturated carbocycles. The van der Waals surface area contributed by atoms with Crippen molar-refractivity contribution in [2.75, 3.05) is 13.2 Å². The molecule has 21 heavy (non-hydrogen) atoms. The van der Waals surface area contributed by atoms with Crippen LogP contribution in [0, 0.1) is 0 Å². The van der Waals surface area contributed by atoms with Gasteiger partial charge in [0.05, 0.1) is 16.8 Å². The standard InChI is InChI=1S/C14H17N3O3S/c1-3-20-14(19)15-9-8-12(18)16-13-17(2)10-6-4-5-7-11(10)21-13/h4-7H,3,8-9H2,1-2H3,(H,15,19). The van der Waals surface area contributed by atoms with Crippen LogP contribution in [0.2, 0.25) is 0 Å². The Bertz CT molecular complexity index is 718. The summed E-state index contributed by atoms with van der Waals surface area (Å²) in [5, 5.41) is 2.50. The molecule has 0 aliphatic carbocycles. The molecular weight excluding hydrogens is 290 g/mol. The van der Waals surface area contributed by atoms with Crippen molar-refractivity contribution in [3.8, 4) is 0 Å². The maximum Gasteiger partial charge on any atom is 0.407 e. The smallest absolute Gasteiger partial charge is 0.407 e. The minimum Gasteiger partial charge on any atom is -0.450 e. The predicted octanol–water partition coefficient (Wildman–Crippen LogP) is 1.80. The van der Waals surface area contributed by atoms with Crippen molar-refractivity contribution < 1.29 is 14.3 Å². The molecule has 0 aliphatic rings. The maximum atomic E-state index is 11.8. The zero-order valence-corrected chi connectivity index (χ0v) is 12.8. The zero-order chi connectivity index (χ0) is 15.2.